The number of aromatic nitrogens is 2. The van der Waals surface area contributed by atoms with Crippen LogP contribution >= 0.6 is 0 Å². The standard InChI is InChI=1S/C28H28FN3O5S/c29-25-12-5-4-10-22(25)20-38(34,35)28-30-16-23(32(28)17-21-8-2-1-3-9-21)18-31(19-24-11-6-14-36-24)27(33)26-13-7-15-37-26/h1-5,7-10,12-13,15-16,24H,6,11,14,17-20H2/t24-/m0/s1. The molecule has 3 heterocycles. The first-order chi connectivity index (χ1) is 18.4. The Hall–Kier alpha value is -3.76. The second-order valence-electron chi connectivity index (χ2n) is 9.25. The summed E-state index contributed by atoms with van der Waals surface area (Å²) in [6.07, 6.45) is 4.52. The van der Waals surface area contributed by atoms with Gasteiger partial charge in [-0.2, -0.15) is 0 Å². The first kappa shape index (κ1) is 25.9. The van der Waals surface area contributed by atoms with E-state index in [1.165, 1.54) is 30.7 Å². The highest BCUT2D eigenvalue weighted by atomic mass is 32.2. The maximum Gasteiger partial charge on any atom is 0.289 e. The van der Waals surface area contributed by atoms with Gasteiger partial charge in [-0.1, -0.05) is 48.5 Å². The summed E-state index contributed by atoms with van der Waals surface area (Å²) in [5.41, 5.74) is 1.45. The van der Waals surface area contributed by atoms with Crippen molar-refractivity contribution in [3.8, 4) is 0 Å². The van der Waals surface area contributed by atoms with Crippen molar-refractivity contribution in [1.29, 1.82) is 0 Å². The zero-order valence-electron chi connectivity index (χ0n) is 20.7. The fraction of sp³-hybridized carbons (Fsp3) is 0.286. The van der Waals surface area contributed by atoms with Gasteiger partial charge in [0.05, 0.1) is 43.1 Å². The van der Waals surface area contributed by atoms with Gasteiger partial charge in [0.2, 0.25) is 15.0 Å². The molecule has 2 aromatic carbocycles. The molecule has 0 bridgehead atoms. The Morgan fingerprint density at radius 1 is 1.08 bits per heavy atom. The Kier molecular flexibility index (Phi) is 7.71. The van der Waals surface area contributed by atoms with Crippen LogP contribution < -0.4 is 0 Å². The number of ether oxygens (including phenoxy) is 1. The fourth-order valence-corrected chi connectivity index (χ4v) is 6.09. The van der Waals surface area contributed by atoms with Gasteiger partial charge < -0.3 is 18.6 Å². The summed E-state index contributed by atoms with van der Waals surface area (Å²) in [4.78, 5) is 19.2. The third-order valence-corrected chi connectivity index (χ3v) is 8.06. The van der Waals surface area contributed by atoms with E-state index in [0.717, 1.165) is 18.4 Å². The Morgan fingerprint density at radius 3 is 2.58 bits per heavy atom. The molecule has 198 valence electrons. The van der Waals surface area contributed by atoms with Crippen molar-refractivity contribution < 1.29 is 26.8 Å². The molecule has 10 heteroatoms. The van der Waals surface area contributed by atoms with E-state index >= 15 is 0 Å². The van der Waals surface area contributed by atoms with Crippen molar-refractivity contribution in [1.82, 2.24) is 14.5 Å². The molecule has 0 spiro atoms. The highest BCUT2D eigenvalue weighted by Gasteiger charge is 2.29. The summed E-state index contributed by atoms with van der Waals surface area (Å²) in [5, 5.41) is -0.179. The van der Waals surface area contributed by atoms with Crippen LogP contribution in [0.2, 0.25) is 0 Å². The molecule has 1 aliphatic rings. The van der Waals surface area contributed by atoms with E-state index in [-0.39, 0.29) is 41.6 Å². The van der Waals surface area contributed by atoms with Crippen LogP contribution in [-0.4, -0.2) is 48.0 Å². The average Bonchev–Trinajstić information content (AvgIpc) is 3.69. The van der Waals surface area contributed by atoms with Crippen molar-refractivity contribution >= 4 is 15.7 Å². The molecule has 2 aromatic heterocycles. The molecule has 1 fully saturated rings. The maximum absolute atomic E-state index is 14.3. The van der Waals surface area contributed by atoms with Crippen LogP contribution in [0.3, 0.4) is 0 Å². The molecule has 5 rings (SSSR count). The molecule has 1 atom stereocenters. The number of carbonyl (C=O) groups is 1. The predicted molar refractivity (Wildman–Crippen MR) is 137 cm³/mol. The van der Waals surface area contributed by atoms with Gasteiger partial charge in [-0.25, -0.2) is 17.8 Å². The first-order valence-electron chi connectivity index (χ1n) is 12.4. The molecule has 4 aromatic rings. The lowest BCUT2D eigenvalue weighted by molar-refractivity contribution is 0.0478. The van der Waals surface area contributed by atoms with Gasteiger partial charge in [0.1, 0.15) is 5.82 Å². The van der Waals surface area contributed by atoms with Crippen molar-refractivity contribution in [2.24, 2.45) is 0 Å². The molecule has 1 saturated heterocycles. The molecule has 1 amide bonds. The minimum Gasteiger partial charge on any atom is -0.459 e. The zero-order chi connectivity index (χ0) is 26.5. The third kappa shape index (κ3) is 5.87. The number of benzene rings is 2. The number of rotatable bonds is 10. The van der Waals surface area contributed by atoms with E-state index in [0.29, 0.717) is 18.8 Å². The van der Waals surface area contributed by atoms with Crippen molar-refractivity contribution in [3.05, 3.63) is 108 Å². The molecule has 0 unspecified atom stereocenters. The van der Waals surface area contributed by atoms with E-state index in [1.54, 1.807) is 27.7 Å². The Labute approximate surface area is 220 Å². The van der Waals surface area contributed by atoms with Crippen molar-refractivity contribution in [3.63, 3.8) is 0 Å². The van der Waals surface area contributed by atoms with E-state index < -0.39 is 21.4 Å². The van der Waals surface area contributed by atoms with Gasteiger partial charge in [0.15, 0.2) is 5.76 Å². The Morgan fingerprint density at radius 2 is 1.87 bits per heavy atom. The topological polar surface area (TPSA) is 94.6 Å². The number of carbonyl (C=O) groups excluding carboxylic acids is 1. The zero-order valence-corrected chi connectivity index (χ0v) is 21.5. The SMILES string of the molecule is O=C(c1ccco1)N(Cc1cnc(S(=O)(=O)Cc2ccccc2F)n1Cc1ccccc1)C[C@@H]1CCCO1. The average molecular weight is 538 g/mol. The summed E-state index contributed by atoms with van der Waals surface area (Å²) in [6.45, 7) is 1.27. The van der Waals surface area contributed by atoms with E-state index in [9.17, 15) is 17.6 Å². The number of imidazole rings is 1. The maximum atomic E-state index is 14.3. The Bertz CT molecular complexity index is 1480. The van der Waals surface area contributed by atoms with Gasteiger partial charge in [-0.3, -0.25) is 4.79 Å². The fourth-order valence-electron chi connectivity index (χ4n) is 4.59. The molecule has 8 nitrogen and oxygen atoms in total. The number of halogens is 1. The number of hydrogen-bond donors (Lipinski definition) is 0. The van der Waals surface area contributed by atoms with Crippen LogP contribution in [0.1, 0.15) is 40.2 Å². The number of amides is 1. The van der Waals surface area contributed by atoms with Crippen LogP contribution in [0.4, 0.5) is 4.39 Å². The second-order valence-corrected chi connectivity index (χ2v) is 11.1. The smallest absolute Gasteiger partial charge is 0.289 e. The highest BCUT2D eigenvalue weighted by Crippen LogP contribution is 2.23. The molecule has 0 N–H and O–H groups in total. The third-order valence-electron chi connectivity index (χ3n) is 6.49. The van der Waals surface area contributed by atoms with E-state index in [1.807, 2.05) is 30.3 Å². The number of sulfone groups is 1. The first-order valence-corrected chi connectivity index (χ1v) is 14.0. The van der Waals surface area contributed by atoms with Gasteiger partial charge in [0.25, 0.3) is 5.91 Å². The predicted octanol–water partition coefficient (Wildman–Crippen LogP) is 4.46. The lowest BCUT2D eigenvalue weighted by Crippen LogP contribution is -2.37. The van der Waals surface area contributed by atoms with E-state index in [4.69, 9.17) is 9.15 Å². The van der Waals surface area contributed by atoms with Crippen LogP contribution in [0.5, 0.6) is 0 Å². The molecular formula is C28H28FN3O5S. The second kappa shape index (κ2) is 11.3. The lowest BCUT2D eigenvalue weighted by Gasteiger charge is -2.25. The van der Waals surface area contributed by atoms with Crippen LogP contribution in [-0.2, 0) is 33.4 Å². The van der Waals surface area contributed by atoms with Crippen LogP contribution in [0.25, 0.3) is 0 Å². The Balaban J connectivity index is 1.51. The van der Waals surface area contributed by atoms with Crippen LogP contribution in [0, 0.1) is 5.82 Å². The quantitative estimate of drug-likeness (QED) is 0.297. The van der Waals surface area contributed by atoms with Crippen molar-refractivity contribution in [2.45, 2.75) is 42.9 Å². The summed E-state index contributed by atoms with van der Waals surface area (Å²) in [7, 11) is -4.02. The molecule has 0 saturated carbocycles. The van der Waals surface area contributed by atoms with Gasteiger partial charge in [-0.15, -0.1) is 0 Å². The van der Waals surface area contributed by atoms with Crippen molar-refractivity contribution in [2.75, 3.05) is 13.2 Å². The number of furan rings is 1. The summed E-state index contributed by atoms with van der Waals surface area (Å²) >= 11 is 0. The minimum atomic E-state index is -4.02. The van der Waals surface area contributed by atoms with Gasteiger partial charge in [-0.05, 0) is 36.6 Å². The number of hydrogen-bond acceptors (Lipinski definition) is 6. The monoisotopic (exact) mass is 537 g/mol. The molecule has 0 aliphatic carbocycles. The summed E-state index contributed by atoms with van der Waals surface area (Å²) in [6, 6.07) is 18.4. The lowest BCUT2D eigenvalue weighted by atomic mass is 10.2. The summed E-state index contributed by atoms with van der Waals surface area (Å²) in [5.74, 6) is -1.27. The molecule has 1 aliphatic heterocycles. The molecule has 0 radical (unpaired) electrons. The molecule has 38 heavy (non-hydrogen) atoms. The molecular weight excluding hydrogens is 509 g/mol. The van der Waals surface area contributed by atoms with Gasteiger partial charge >= 0.3 is 0 Å². The highest BCUT2D eigenvalue weighted by molar-refractivity contribution is 7.90. The van der Waals surface area contributed by atoms with E-state index in [2.05, 4.69) is 4.98 Å². The largest absolute Gasteiger partial charge is 0.459 e. The normalized spacial score (nSPS) is 15.6. The number of nitrogens with zero attached hydrogens (tertiary/aromatic N) is 3. The van der Waals surface area contributed by atoms with Gasteiger partial charge in [0, 0.05) is 18.7 Å². The minimum absolute atomic E-state index is 0.0660. The summed E-state index contributed by atoms with van der Waals surface area (Å²) < 4.78 is 54.0. The van der Waals surface area contributed by atoms with Crippen LogP contribution in [0.15, 0.2) is 88.8 Å².